The molecule has 5 nitrogen and oxygen atoms in total. The third-order valence-corrected chi connectivity index (χ3v) is 2.58. The fourth-order valence-electron chi connectivity index (χ4n) is 1.50. The second-order valence-corrected chi connectivity index (χ2v) is 4.51. The smallest absolute Gasteiger partial charge is 0.149 e. The zero-order valence-corrected chi connectivity index (χ0v) is 12.9. The van der Waals surface area contributed by atoms with Crippen LogP contribution in [0.1, 0.15) is 38.5 Å². The third kappa shape index (κ3) is 19.3. The van der Waals surface area contributed by atoms with Crippen LogP contribution in [0.5, 0.6) is 0 Å². The highest BCUT2D eigenvalue weighted by Crippen LogP contribution is 1.95. The molecule has 124 valence electrons. The maximum absolute atomic E-state index is 8.58. The molecule has 0 aliphatic carbocycles. The second-order valence-electron chi connectivity index (χ2n) is 4.51. The van der Waals surface area contributed by atoms with E-state index >= 15 is 0 Å². The van der Waals surface area contributed by atoms with Gasteiger partial charge in [-0.1, -0.05) is 24.3 Å². The lowest BCUT2D eigenvalue weighted by molar-refractivity contribution is -0.131. The maximum Gasteiger partial charge on any atom is 0.149 e. The normalized spacial score (nSPS) is 11.9. The lowest BCUT2D eigenvalue weighted by atomic mass is 10.3. The van der Waals surface area contributed by atoms with Crippen molar-refractivity contribution in [1.82, 2.24) is 0 Å². The highest BCUT2D eigenvalue weighted by molar-refractivity contribution is 4.81. The van der Waals surface area contributed by atoms with Gasteiger partial charge in [0, 0.05) is 26.4 Å². The van der Waals surface area contributed by atoms with Gasteiger partial charge in [0.15, 0.2) is 0 Å². The zero-order chi connectivity index (χ0) is 15.4. The van der Waals surface area contributed by atoms with Crippen LogP contribution in [0.2, 0.25) is 0 Å². The highest BCUT2D eigenvalue weighted by atomic mass is 16.7. The summed E-state index contributed by atoms with van der Waals surface area (Å²) in [5.41, 5.74) is 0. The molecular weight excluding hydrogens is 272 g/mol. The summed E-state index contributed by atoms with van der Waals surface area (Å²) in [6.45, 7) is 2.27. The van der Waals surface area contributed by atoms with E-state index in [1.165, 1.54) is 0 Å². The largest absolute Gasteiger partial charge is 0.396 e. The van der Waals surface area contributed by atoms with Gasteiger partial charge in [0.25, 0.3) is 0 Å². The predicted molar refractivity (Wildman–Crippen MR) is 82.9 cm³/mol. The first kappa shape index (κ1) is 20.3. The van der Waals surface area contributed by atoms with Crippen LogP contribution < -0.4 is 0 Å². The second kappa shape index (κ2) is 19.3. The summed E-state index contributed by atoms with van der Waals surface area (Å²) >= 11 is 0. The molecule has 0 atom stereocenters. The molecule has 0 rings (SSSR count). The Labute approximate surface area is 128 Å². The lowest BCUT2D eigenvalue weighted by Gasteiger charge is -2.06. The Kier molecular flexibility index (Phi) is 18.6. The monoisotopic (exact) mass is 302 g/mol. The molecule has 0 saturated heterocycles. The first-order valence-corrected chi connectivity index (χ1v) is 7.66. The van der Waals surface area contributed by atoms with Gasteiger partial charge >= 0.3 is 0 Å². The van der Waals surface area contributed by atoms with Crippen molar-refractivity contribution in [1.29, 1.82) is 0 Å². The summed E-state index contributed by atoms with van der Waals surface area (Å²) in [5.74, 6) is 0. The van der Waals surface area contributed by atoms with Gasteiger partial charge in [-0.25, -0.2) is 0 Å². The van der Waals surface area contributed by atoms with Gasteiger partial charge in [-0.3, -0.25) is 0 Å². The summed E-state index contributed by atoms with van der Waals surface area (Å²) in [6.07, 6.45) is 13.3. The van der Waals surface area contributed by atoms with Crippen LogP contribution in [0, 0.1) is 0 Å². The van der Waals surface area contributed by atoms with Crippen molar-refractivity contribution in [3.63, 3.8) is 0 Å². The molecule has 0 saturated carbocycles. The van der Waals surface area contributed by atoms with Crippen LogP contribution in [0.25, 0.3) is 0 Å². The van der Waals surface area contributed by atoms with E-state index in [-0.39, 0.29) is 26.8 Å². The molecule has 21 heavy (non-hydrogen) atoms. The van der Waals surface area contributed by atoms with Crippen molar-refractivity contribution in [2.24, 2.45) is 0 Å². The number of allylic oxidation sites excluding steroid dienone is 2. The van der Waals surface area contributed by atoms with Crippen molar-refractivity contribution < 1.29 is 24.4 Å². The number of hydrogen-bond donors (Lipinski definition) is 2. The Morgan fingerprint density at radius 2 is 1.00 bits per heavy atom. The van der Waals surface area contributed by atoms with Crippen molar-refractivity contribution in [3.05, 3.63) is 24.3 Å². The SMILES string of the molecule is OCCC=CCCCOCOCOCCCC=CCCO. The van der Waals surface area contributed by atoms with Gasteiger partial charge in [0.1, 0.15) is 13.6 Å². The molecule has 0 unspecified atom stereocenters. The van der Waals surface area contributed by atoms with Crippen molar-refractivity contribution in [2.45, 2.75) is 38.5 Å². The molecule has 0 amide bonds. The van der Waals surface area contributed by atoms with Crippen LogP contribution >= 0.6 is 0 Å². The van der Waals surface area contributed by atoms with E-state index < -0.39 is 0 Å². The maximum atomic E-state index is 8.58. The van der Waals surface area contributed by atoms with Gasteiger partial charge in [-0.05, 0) is 38.5 Å². The summed E-state index contributed by atoms with van der Waals surface area (Å²) < 4.78 is 15.8. The molecule has 0 aromatic rings. The molecule has 0 aromatic heterocycles. The van der Waals surface area contributed by atoms with Gasteiger partial charge in [0.2, 0.25) is 0 Å². The molecule has 0 aliphatic heterocycles. The first-order chi connectivity index (χ1) is 10.4. The van der Waals surface area contributed by atoms with E-state index in [2.05, 4.69) is 12.2 Å². The lowest BCUT2D eigenvalue weighted by Crippen LogP contribution is -2.06. The topological polar surface area (TPSA) is 68.2 Å². The van der Waals surface area contributed by atoms with E-state index in [4.69, 9.17) is 24.4 Å². The average Bonchev–Trinajstić information content (AvgIpc) is 2.50. The van der Waals surface area contributed by atoms with E-state index in [1.54, 1.807) is 0 Å². The Balaban J connectivity index is 3.02. The zero-order valence-electron chi connectivity index (χ0n) is 12.9. The minimum Gasteiger partial charge on any atom is -0.396 e. The molecule has 0 spiro atoms. The van der Waals surface area contributed by atoms with Crippen LogP contribution in [0.3, 0.4) is 0 Å². The standard InChI is InChI=1S/C16H30O5/c17-11-7-3-1-5-9-13-19-15-21-16-20-14-10-6-2-4-8-12-18/h1-4,17-18H,5-16H2. The number of hydrogen-bond acceptors (Lipinski definition) is 5. The van der Waals surface area contributed by atoms with E-state index in [9.17, 15) is 0 Å². The molecule has 0 bridgehead atoms. The molecule has 0 heterocycles. The summed E-state index contributed by atoms with van der Waals surface area (Å²) in [7, 11) is 0. The number of aliphatic hydroxyl groups excluding tert-OH is 2. The number of rotatable bonds is 16. The van der Waals surface area contributed by atoms with Crippen molar-refractivity contribution in [3.8, 4) is 0 Å². The van der Waals surface area contributed by atoms with Crippen molar-refractivity contribution in [2.75, 3.05) is 40.0 Å². The van der Waals surface area contributed by atoms with Crippen molar-refractivity contribution >= 4 is 0 Å². The molecule has 0 aromatic carbocycles. The Morgan fingerprint density at radius 1 is 0.571 bits per heavy atom. The summed E-state index contributed by atoms with van der Waals surface area (Å²) in [4.78, 5) is 0. The van der Waals surface area contributed by atoms with Gasteiger partial charge in [-0.2, -0.15) is 0 Å². The average molecular weight is 302 g/mol. The van der Waals surface area contributed by atoms with E-state index in [0.717, 1.165) is 38.5 Å². The Morgan fingerprint density at radius 3 is 1.43 bits per heavy atom. The molecule has 0 fully saturated rings. The van der Waals surface area contributed by atoms with Crippen LogP contribution in [-0.2, 0) is 14.2 Å². The Hall–Kier alpha value is -0.720. The Bertz CT molecular complexity index is 217. The quantitative estimate of drug-likeness (QED) is 0.260. The number of unbranched alkanes of at least 4 members (excludes halogenated alkanes) is 2. The number of ether oxygens (including phenoxy) is 3. The van der Waals surface area contributed by atoms with Crippen LogP contribution in [0.4, 0.5) is 0 Å². The fourth-order valence-corrected chi connectivity index (χ4v) is 1.50. The molecule has 5 heteroatoms. The molecule has 0 aliphatic rings. The fraction of sp³-hybridized carbons (Fsp3) is 0.750. The molecular formula is C16H30O5. The predicted octanol–water partition coefficient (Wildman–Crippen LogP) is 2.39. The van der Waals surface area contributed by atoms with Gasteiger partial charge in [0.05, 0.1) is 0 Å². The minimum absolute atomic E-state index is 0.208. The third-order valence-electron chi connectivity index (χ3n) is 2.58. The number of aliphatic hydroxyl groups is 2. The molecule has 2 N–H and O–H groups in total. The molecule has 0 radical (unpaired) electrons. The first-order valence-electron chi connectivity index (χ1n) is 7.66. The summed E-state index contributed by atoms with van der Waals surface area (Å²) in [6, 6.07) is 0. The van der Waals surface area contributed by atoms with Gasteiger partial charge < -0.3 is 24.4 Å². The summed E-state index contributed by atoms with van der Waals surface area (Å²) in [5, 5.41) is 17.2. The van der Waals surface area contributed by atoms with Crippen LogP contribution in [-0.4, -0.2) is 50.2 Å². The minimum atomic E-state index is 0.208. The van der Waals surface area contributed by atoms with E-state index in [1.807, 2.05) is 12.2 Å². The van der Waals surface area contributed by atoms with E-state index in [0.29, 0.717) is 13.2 Å². The van der Waals surface area contributed by atoms with Gasteiger partial charge in [-0.15, -0.1) is 0 Å². The highest BCUT2D eigenvalue weighted by Gasteiger charge is 1.90. The van der Waals surface area contributed by atoms with Crippen LogP contribution in [0.15, 0.2) is 24.3 Å².